The van der Waals surface area contributed by atoms with Gasteiger partial charge in [0.25, 0.3) is 0 Å². The quantitative estimate of drug-likeness (QED) is 0.312. The van der Waals surface area contributed by atoms with Gasteiger partial charge < -0.3 is 29.2 Å². The first-order valence-corrected chi connectivity index (χ1v) is 16.5. The molecule has 8 nitrogen and oxygen atoms in total. The lowest BCUT2D eigenvalue weighted by Gasteiger charge is -2.46. The van der Waals surface area contributed by atoms with Gasteiger partial charge in [-0.15, -0.1) is 0 Å². The maximum Gasteiger partial charge on any atom is 0.225 e. The van der Waals surface area contributed by atoms with E-state index in [0.717, 1.165) is 22.3 Å². The van der Waals surface area contributed by atoms with Crippen LogP contribution in [0.1, 0.15) is 76.3 Å². The van der Waals surface area contributed by atoms with E-state index in [1.165, 1.54) is 0 Å². The summed E-state index contributed by atoms with van der Waals surface area (Å²) in [4.78, 5) is 4.61. The minimum absolute atomic E-state index is 0.0871. The first kappa shape index (κ1) is 33.2. The minimum Gasteiger partial charge on any atom is -0.361 e. The third kappa shape index (κ3) is 6.82. The van der Waals surface area contributed by atoms with Crippen molar-refractivity contribution in [3.05, 3.63) is 107 Å². The van der Waals surface area contributed by atoms with Crippen LogP contribution in [-0.2, 0) is 31.8 Å². The molecular formula is C38H50N2O6. The number of benzene rings is 3. The summed E-state index contributed by atoms with van der Waals surface area (Å²) in [6.07, 6.45) is -0.947. The van der Waals surface area contributed by atoms with Crippen LogP contribution in [0.15, 0.2) is 84.9 Å². The summed E-state index contributed by atoms with van der Waals surface area (Å²) in [5, 5.41) is 24.3. The van der Waals surface area contributed by atoms with Crippen molar-refractivity contribution in [1.29, 1.82) is 0 Å². The number of nitrogens with zero attached hydrogens (tertiary/aromatic N) is 2. The van der Waals surface area contributed by atoms with Crippen LogP contribution in [0.2, 0.25) is 0 Å². The Hall–Kier alpha value is -2.66. The van der Waals surface area contributed by atoms with Crippen molar-refractivity contribution in [2.75, 3.05) is 26.3 Å². The van der Waals surface area contributed by atoms with Crippen molar-refractivity contribution in [1.82, 2.24) is 9.80 Å². The van der Waals surface area contributed by atoms with Gasteiger partial charge in [-0.25, -0.2) is 0 Å². The van der Waals surface area contributed by atoms with Crippen LogP contribution in [0, 0.1) is 0 Å². The maximum absolute atomic E-state index is 12.2. The monoisotopic (exact) mass is 630 g/mol. The van der Waals surface area contributed by atoms with Crippen molar-refractivity contribution >= 4 is 0 Å². The Bertz CT molecular complexity index is 1350. The molecule has 3 aromatic carbocycles. The third-order valence-electron chi connectivity index (χ3n) is 9.51. The van der Waals surface area contributed by atoms with E-state index >= 15 is 0 Å². The van der Waals surface area contributed by atoms with E-state index in [-0.39, 0.29) is 61.8 Å². The lowest BCUT2D eigenvalue weighted by Crippen LogP contribution is -2.63. The van der Waals surface area contributed by atoms with Gasteiger partial charge in [-0.2, -0.15) is 0 Å². The molecule has 3 aliphatic rings. The number of hydrogen-bond donors (Lipinski definition) is 2. The summed E-state index contributed by atoms with van der Waals surface area (Å²) in [5.74, 6) is -3.99. The van der Waals surface area contributed by atoms with Crippen LogP contribution in [0.4, 0.5) is 0 Å². The molecule has 6 atom stereocenters. The predicted molar refractivity (Wildman–Crippen MR) is 177 cm³/mol. The summed E-state index contributed by atoms with van der Waals surface area (Å²) in [7, 11) is 0. The van der Waals surface area contributed by atoms with Gasteiger partial charge in [-0.1, -0.05) is 84.9 Å². The molecule has 2 N–H and O–H groups in total. The summed E-state index contributed by atoms with van der Waals surface area (Å²) in [5.41, 5.74) is 3.67. The first-order valence-electron chi connectivity index (χ1n) is 16.5. The van der Waals surface area contributed by atoms with Crippen molar-refractivity contribution < 1.29 is 29.2 Å². The molecule has 0 amide bonds. The average molecular weight is 631 g/mol. The summed E-state index contributed by atoms with van der Waals surface area (Å²) < 4.78 is 25.7. The number of ether oxygens (including phenoxy) is 4. The highest BCUT2D eigenvalue weighted by molar-refractivity contribution is 5.33. The number of hydrogen-bond acceptors (Lipinski definition) is 8. The molecule has 3 aromatic rings. The summed E-state index contributed by atoms with van der Waals surface area (Å²) >= 11 is 0. The normalized spacial score (nSPS) is 30.9. The van der Waals surface area contributed by atoms with Crippen LogP contribution in [0.25, 0.3) is 0 Å². The highest BCUT2D eigenvalue weighted by Gasteiger charge is 2.56. The zero-order valence-electron chi connectivity index (χ0n) is 28.1. The van der Waals surface area contributed by atoms with Gasteiger partial charge in [0.2, 0.25) is 11.6 Å². The Morgan fingerprint density at radius 3 is 1.30 bits per heavy atom. The van der Waals surface area contributed by atoms with Crippen LogP contribution in [0.5, 0.6) is 0 Å². The summed E-state index contributed by atoms with van der Waals surface area (Å²) in [6.45, 7) is 14.4. The van der Waals surface area contributed by atoms with E-state index in [1.54, 1.807) is 0 Å². The summed E-state index contributed by atoms with van der Waals surface area (Å²) in [6, 6.07) is 28.1. The second-order valence-corrected chi connectivity index (χ2v) is 15.0. The van der Waals surface area contributed by atoms with Crippen molar-refractivity contribution in [3.8, 4) is 0 Å². The van der Waals surface area contributed by atoms with Crippen LogP contribution >= 0.6 is 0 Å². The zero-order valence-corrected chi connectivity index (χ0v) is 28.1. The molecule has 6 unspecified atom stereocenters. The number of fused-ring (bicyclic) bond motifs is 1. The Kier molecular flexibility index (Phi) is 9.21. The Labute approximate surface area is 273 Å². The van der Waals surface area contributed by atoms with Crippen LogP contribution in [-0.4, -0.2) is 81.2 Å². The van der Waals surface area contributed by atoms with Gasteiger partial charge in [-0.3, -0.25) is 9.80 Å². The first-order chi connectivity index (χ1) is 21.8. The molecule has 8 heteroatoms. The Morgan fingerprint density at radius 1 is 0.609 bits per heavy atom. The smallest absolute Gasteiger partial charge is 0.225 e. The van der Waals surface area contributed by atoms with E-state index in [9.17, 15) is 10.2 Å². The highest BCUT2D eigenvalue weighted by atomic mass is 16.7. The molecule has 46 heavy (non-hydrogen) atoms. The van der Waals surface area contributed by atoms with Crippen molar-refractivity contribution in [3.63, 3.8) is 0 Å². The minimum atomic E-state index is -2.00. The lowest BCUT2D eigenvalue weighted by atomic mass is 9.82. The molecule has 0 bridgehead atoms. The molecular weight excluding hydrogens is 580 g/mol. The Balaban J connectivity index is 1.19. The van der Waals surface area contributed by atoms with Gasteiger partial charge in [-0.05, 0) is 63.8 Å². The van der Waals surface area contributed by atoms with Gasteiger partial charge in [0.15, 0.2) is 0 Å². The van der Waals surface area contributed by atoms with Gasteiger partial charge in [0, 0.05) is 37.0 Å². The van der Waals surface area contributed by atoms with Gasteiger partial charge >= 0.3 is 0 Å². The van der Waals surface area contributed by atoms with E-state index in [1.807, 2.05) is 60.7 Å². The molecule has 2 heterocycles. The van der Waals surface area contributed by atoms with E-state index in [4.69, 9.17) is 18.9 Å². The molecule has 2 fully saturated rings. The van der Waals surface area contributed by atoms with Gasteiger partial charge in [0.1, 0.15) is 12.5 Å². The molecule has 0 aromatic heterocycles. The molecule has 248 valence electrons. The number of aliphatic hydroxyl groups is 2. The molecule has 0 saturated carbocycles. The molecule has 6 rings (SSSR count). The van der Waals surface area contributed by atoms with E-state index in [2.05, 4.69) is 75.6 Å². The van der Waals surface area contributed by atoms with Crippen molar-refractivity contribution in [2.45, 2.75) is 102 Å². The Morgan fingerprint density at radius 2 is 0.957 bits per heavy atom. The topological polar surface area (TPSA) is 83.9 Å². The third-order valence-corrected chi connectivity index (χ3v) is 9.51. The van der Waals surface area contributed by atoms with Crippen LogP contribution < -0.4 is 0 Å². The average Bonchev–Trinajstić information content (AvgIpc) is 3.66. The standard InChI is InChI=1S/C38H50N2O6/c1-35(2,3)39-23-31(45-33(39)27-15-9-7-10-16-27)25-43-37(41)21-29-19-13-14-20-30(29)22-38(37,42)44-26-32-24-40(36(4,5)6)34(46-32)28-17-11-8-12-18-28/h7-20,31-34,41-42H,21-26H2,1-6H3. The predicted octanol–water partition coefficient (Wildman–Crippen LogP) is 5.59. The maximum atomic E-state index is 12.2. The molecule has 2 saturated heterocycles. The highest BCUT2D eigenvalue weighted by Crippen LogP contribution is 2.42. The van der Waals surface area contributed by atoms with Gasteiger partial charge in [0.05, 0.1) is 25.4 Å². The van der Waals surface area contributed by atoms with E-state index < -0.39 is 11.6 Å². The van der Waals surface area contributed by atoms with E-state index in [0.29, 0.717) is 13.1 Å². The number of rotatable bonds is 8. The second kappa shape index (κ2) is 12.7. The molecule has 2 aliphatic heterocycles. The lowest BCUT2D eigenvalue weighted by molar-refractivity contribution is -0.393. The fourth-order valence-corrected chi connectivity index (χ4v) is 6.90. The van der Waals surface area contributed by atoms with Crippen LogP contribution in [0.3, 0.4) is 0 Å². The second-order valence-electron chi connectivity index (χ2n) is 15.0. The fraction of sp³-hybridized carbons (Fsp3) is 0.526. The molecule has 0 radical (unpaired) electrons. The molecule has 1 aliphatic carbocycles. The van der Waals surface area contributed by atoms with Crippen molar-refractivity contribution in [2.24, 2.45) is 0 Å². The molecule has 0 spiro atoms. The zero-order chi connectivity index (χ0) is 32.7. The fourth-order valence-electron chi connectivity index (χ4n) is 6.90. The largest absolute Gasteiger partial charge is 0.361 e. The SMILES string of the molecule is CC(C)(C)N1CC(COC2(O)Cc3ccccc3CC2(O)OCC2CN(C(C)(C)C)C(c3ccccc3)O2)OC1c1ccccc1.